The third kappa shape index (κ3) is 3.76. The summed E-state index contributed by atoms with van der Waals surface area (Å²) < 4.78 is 11.4. The molecule has 0 unspecified atom stereocenters. The van der Waals surface area contributed by atoms with E-state index in [0.29, 0.717) is 30.6 Å². The average molecular weight is 344 g/mol. The summed E-state index contributed by atoms with van der Waals surface area (Å²) in [6, 6.07) is 6.14. The minimum atomic E-state index is 0.127. The van der Waals surface area contributed by atoms with Crippen molar-refractivity contribution in [3.8, 4) is 11.5 Å². The first-order valence-corrected chi connectivity index (χ1v) is 9.74. The van der Waals surface area contributed by atoms with Crippen LogP contribution in [0.5, 0.6) is 11.5 Å². The molecule has 1 aromatic carbocycles. The van der Waals surface area contributed by atoms with E-state index in [1.807, 2.05) is 18.2 Å². The first kappa shape index (κ1) is 16.7. The number of carbonyl (C=O) groups is 1. The highest BCUT2D eigenvalue weighted by atomic mass is 16.5. The summed E-state index contributed by atoms with van der Waals surface area (Å²) in [6.07, 6.45) is 7.00. The minimum Gasteiger partial charge on any atom is -0.490 e. The second kappa shape index (κ2) is 7.65. The molecule has 2 fully saturated rings. The molecule has 3 heterocycles. The zero-order valence-electron chi connectivity index (χ0n) is 14.9. The molecule has 1 amide bonds. The monoisotopic (exact) mass is 344 g/mol. The number of rotatable bonds is 2. The predicted molar refractivity (Wildman–Crippen MR) is 96.4 cm³/mol. The molecule has 0 saturated carbocycles. The molecular weight excluding hydrogens is 316 g/mol. The fraction of sp³-hybridized carbons (Fsp3) is 0.650. The van der Waals surface area contributed by atoms with E-state index in [1.54, 1.807) is 0 Å². The lowest BCUT2D eigenvalue weighted by molar-refractivity contribution is 0.0714. The summed E-state index contributed by atoms with van der Waals surface area (Å²) in [5.41, 5.74) is 0.714. The van der Waals surface area contributed by atoms with Crippen LogP contribution in [0.15, 0.2) is 18.2 Å². The highest BCUT2D eigenvalue weighted by Gasteiger charge is 2.28. The van der Waals surface area contributed by atoms with Crippen LogP contribution < -0.4 is 9.47 Å². The van der Waals surface area contributed by atoms with Crippen LogP contribution in [0.1, 0.15) is 48.9 Å². The molecule has 5 heteroatoms. The number of amides is 1. The maximum Gasteiger partial charge on any atom is 0.254 e. The maximum absolute atomic E-state index is 13.1. The molecule has 2 saturated heterocycles. The quantitative estimate of drug-likeness (QED) is 0.827. The van der Waals surface area contributed by atoms with E-state index in [9.17, 15) is 4.79 Å². The van der Waals surface area contributed by atoms with Gasteiger partial charge in [0.2, 0.25) is 0 Å². The van der Waals surface area contributed by atoms with E-state index in [0.717, 1.165) is 31.7 Å². The molecule has 5 nitrogen and oxygen atoms in total. The molecule has 25 heavy (non-hydrogen) atoms. The Hall–Kier alpha value is -1.75. The van der Waals surface area contributed by atoms with Crippen LogP contribution in [-0.2, 0) is 0 Å². The van der Waals surface area contributed by atoms with Crippen LogP contribution in [-0.4, -0.2) is 61.1 Å². The Balaban J connectivity index is 1.49. The Kier molecular flexibility index (Phi) is 5.11. The molecule has 1 atom stereocenters. The smallest absolute Gasteiger partial charge is 0.254 e. The topological polar surface area (TPSA) is 42.0 Å². The van der Waals surface area contributed by atoms with Gasteiger partial charge >= 0.3 is 0 Å². The van der Waals surface area contributed by atoms with Crippen LogP contribution in [0.3, 0.4) is 0 Å². The number of benzene rings is 1. The number of hydrogen-bond donors (Lipinski definition) is 0. The third-order valence-corrected chi connectivity index (χ3v) is 5.59. The summed E-state index contributed by atoms with van der Waals surface area (Å²) in [4.78, 5) is 17.7. The van der Waals surface area contributed by atoms with E-state index >= 15 is 0 Å². The van der Waals surface area contributed by atoms with E-state index in [-0.39, 0.29) is 5.91 Å². The molecule has 0 N–H and O–H groups in total. The van der Waals surface area contributed by atoms with E-state index < -0.39 is 0 Å². The van der Waals surface area contributed by atoms with Gasteiger partial charge in [0.05, 0.1) is 13.2 Å². The highest BCUT2D eigenvalue weighted by molar-refractivity contribution is 5.95. The Labute approximate surface area is 149 Å². The number of fused-ring (bicyclic) bond motifs is 1. The van der Waals surface area contributed by atoms with Gasteiger partial charge < -0.3 is 14.4 Å². The van der Waals surface area contributed by atoms with E-state index in [2.05, 4.69) is 9.80 Å². The van der Waals surface area contributed by atoms with Gasteiger partial charge in [0.1, 0.15) is 0 Å². The number of ether oxygens (including phenoxy) is 2. The molecule has 0 aliphatic carbocycles. The van der Waals surface area contributed by atoms with Crippen molar-refractivity contribution in [1.29, 1.82) is 0 Å². The Morgan fingerprint density at radius 2 is 1.68 bits per heavy atom. The number of hydrogen-bond acceptors (Lipinski definition) is 4. The van der Waals surface area contributed by atoms with Crippen LogP contribution >= 0.6 is 0 Å². The SMILES string of the molecule is O=C(c1ccc2c(c1)OCCCO2)N1CCCC[C@@H](N2CCCC2)C1. The zero-order valence-corrected chi connectivity index (χ0v) is 14.9. The van der Waals surface area contributed by atoms with Gasteiger partial charge in [-0.15, -0.1) is 0 Å². The lowest BCUT2D eigenvalue weighted by atomic mass is 10.1. The molecule has 136 valence electrons. The Bertz CT molecular complexity index is 613. The van der Waals surface area contributed by atoms with Crippen LogP contribution in [0, 0.1) is 0 Å². The van der Waals surface area contributed by atoms with E-state index in [4.69, 9.17) is 9.47 Å². The average Bonchev–Trinajstić information content (AvgIpc) is 2.92. The van der Waals surface area contributed by atoms with Gasteiger partial charge in [0.15, 0.2) is 11.5 Å². The van der Waals surface area contributed by atoms with Gasteiger partial charge in [0.25, 0.3) is 5.91 Å². The molecule has 0 bridgehead atoms. The van der Waals surface area contributed by atoms with Crippen molar-refractivity contribution in [2.24, 2.45) is 0 Å². The minimum absolute atomic E-state index is 0.127. The van der Waals surface area contributed by atoms with Crippen molar-refractivity contribution < 1.29 is 14.3 Å². The van der Waals surface area contributed by atoms with Gasteiger partial charge in [-0.25, -0.2) is 0 Å². The van der Waals surface area contributed by atoms with Crippen LogP contribution in [0.2, 0.25) is 0 Å². The van der Waals surface area contributed by atoms with Gasteiger partial charge in [-0.05, 0) is 57.0 Å². The van der Waals surface area contributed by atoms with Gasteiger partial charge in [0, 0.05) is 31.1 Å². The molecule has 4 rings (SSSR count). The zero-order chi connectivity index (χ0) is 17.1. The fourth-order valence-electron chi connectivity index (χ4n) is 4.19. The van der Waals surface area contributed by atoms with E-state index in [1.165, 1.54) is 38.8 Å². The summed E-state index contributed by atoms with van der Waals surface area (Å²) in [7, 11) is 0. The molecule has 0 radical (unpaired) electrons. The fourth-order valence-corrected chi connectivity index (χ4v) is 4.19. The first-order valence-electron chi connectivity index (χ1n) is 9.74. The van der Waals surface area contributed by atoms with Crippen molar-refractivity contribution in [3.05, 3.63) is 23.8 Å². The molecule has 3 aliphatic rings. The van der Waals surface area contributed by atoms with Crippen LogP contribution in [0.25, 0.3) is 0 Å². The number of likely N-dealkylation sites (tertiary alicyclic amines) is 2. The molecular formula is C20H28N2O3. The van der Waals surface area contributed by atoms with Crippen molar-refractivity contribution >= 4 is 5.91 Å². The molecule has 1 aromatic rings. The summed E-state index contributed by atoms with van der Waals surface area (Å²) in [5.74, 6) is 1.58. The molecule has 0 spiro atoms. The Morgan fingerprint density at radius 3 is 2.52 bits per heavy atom. The van der Waals surface area contributed by atoms with Gasteiger partial charge in [-0.3, -0.25) is 9.69 Å². The van der Waals surface area contributed by atoms with Gasteiger partial charge in [-0.1, -0.05) is 6.42 Å². The number of nitrogens with zero attached hydrogens (tertiary/aromatic N) is 2. The maximum atomic E-state index is 13.1. The van der Waals surface area contributed by atoms with Crippen molar-refractivity contribution in [1.82, 2.24) is 9.80 Å². The second-order valence-electron chi connectivity index (χ2n) is 7.36. The lowest BCUT2D eigenvalue weighted by Gasteiger charge is -2.30. The number of carbonyl (C=O) groups excluding carboxylic acids is 1. The predicted octanol–water partition coefficient (Wildman–Crippen LogP) is 2.94. The summed E-state index contributed by atoms with van der Waals surface area (Å²) in [5, 5.41) is 0. The van der Waals surface area contributed by atoms with Crippen molar-refractivity contribution in [2.75, 3.05) is 39.4 Å². The lowest BCUT2D eigenvalue weighted by Crippen LogP contribution is -2.43. The van der Waals surface area contributed by atoms with Crippen molar-refractivity contribution in [2.45, 2.75) is 44.6 Å². The summed E-state index contributed by atoms with van der Waals surface area (Å²) in [6.45, 7) is 5.41. The summed E-state index contributed by atoms with van der Waals surface area (Å²) >= 11 is 0. The van der Waals surface area contributed by atoms with Crippen molar-refractivity contribution in [3.63, 3.8) is 0 Å². The standard InChI is InChI=1S/C20H28N2O3/c23-20(16-7-8-18-19(14-16)25-13-5-12-24-18)22-11-2-1-6-17(15-22)21-9-3-4-10-21/h7-8,14,17H,1-6,9-13,15H2/t17-/m1/s1. The third-order valence-electron chi connectivity index (χ3n) is 5.59. The highest BCUT2D eigenvalue weighted by Crippen LogP contribution is 2.31. The molecule has 3 aliphatic heterocycles. The van der Waals surface area contributed by atoms with Gasteiger partial charge in [-0.2, -0.15) is 0 Å². The second-order valence-corrected chi connectivity index (χ2v) is 7.36. The largest absolute Gasteiger partial charge is 0.490 e. The molecule has 0 aromatic heterocycles. The normalized spacial score (nSPS) is 24.6. The Morgan fingerprint density at radius 1 is 0.920 bits per heavy atom. The van der Waals surface area contributed by atoms with Crippen LogP contribution in [0.4, 0.5) is 0 Å². The first-order chi connectivity index (χ1) is 12.3.